The number of amides is 1. The van der Waals surface area contributed by atoms with E-state index in [1.807, 2.05) is 61.5 Å². The maximum atomic E-state index is 12.7. The second-order valence-corrected chi connectivity index (χ2v) is 9.56. The van der Waals surface area contributed by atoms with Crippen molar-refractivity contribution in [2.24, 2.45) is 10.1 Å². The normalized spacial score (nSPS) is 15.9. The first-order chi connectivity index (χ1) is 18.0. The van der Waals surface area contributed by atoms with E-state index in [1.165, 1.54) is 16.8 Å². The number of hydrazone groups is 1. The minimum absolute atomic E-state index is 0.0161. The van der Waals surface area contributed by atoms with Gasteiger partial charge in [0.2, 0.25) is 5.17 Å². The molecule has 2 aliphatic rings. The topological polar surface area (TPSA) is 100 Å². The smallest absolute Gasteiger partial charge is 0.283 e. The van der Waals surface area contributed by atoms with Crippen molar-refractivity contribution in [3.8, 4) is 11.5 Å². The second kappa shape index (κ2) is 11.0. The molecule has 0 atom stereocenters. The summed E-state index contributed by atoms with van der Waals surface area (Å²) in [5.41, 5.74) is 2.70. The van der Waals surface area contributed by atoms with Crippen LogP contribution in [0.3, 0.4) is 0 Å². The van der Waals surface area contributed by atoms with Gasteiger partial charge in [0.25, 0.3) is 5.91 Å². The fraction of sp³-hybridized carbons (Fsp3) is 0.148. The van der Waals surface area contributed by atoms with Crippen LogP contribution in [0.5, 0.6) is 11.5 Å². The van der Waals surface area contributed by atoms with Gasteiger partial charge in [-0.15, -0.1) is 0 Å². The quantitative estimate of drug-likeness (QED) is 0.302. The number of fused-ring (bicyclic) bond motifs is 1. The van der Waals surface area contributed by atoms with E-state index >= 15 is 0 Å². The minimum Gasteiger partial charge on any atom is -0.493 e. The Morgan fingerprint density at radius 2 is 1.84 bits per heavy atom. The number of benzene rings is 2. The maximum Gasteiger partial charge on any atom is 0.283 e. The van der Waals surface area contributed by atoms with E-state index in [0.717, 1.165) is 33.9 Å². The highest BCUT2D eigenvalue weighted by Gasteiger charge is 2.36. The number of amidine groups is 2. The van der Waals surface area contributed by atoms with Gasteiger partial charge in [0.15, 0.2) is 5.84 Å². The number of thioether (sulfide) groups is 1. The van der Waals surface area contributed by atoms with Crippen LogP contribution in [0, 0.1) is 12.3 Å². The second-order valence-electron chi connectivity index (χ2n) is 8.20. The van der Waals surface area contributed by atoms with Crippen molar-refractivity contribution in [1.82, 2.24) is 9.99 Å². The first-order valence-corrected chi connectivity index (χ1v) is 12.7. The standard InChI is InChI=1S/C27H22ClN5O3S/c1-17-14-21(9-10-23(17)28)36-13-3-12-35-20-7-5-18(6-8-20)15-22-24(29)33-27(31-25(22)34)37-26(32-33)19-4-2-11-30-16-19/h2,4-11,14-16,29H,3,12-13H2,1H3. The van der Waals surface area contributed by atoms with Gasteiger partial charge in [-0.3, -0.25) is 15.2 Å². The van der Waals surface area contributed by atoms with Crippen LogP contribution in [-0.4, -0.2) is 45.2 Å². The van der Waals surface area contributed by atoms with Crippen molar-refractivity contribution in [2.45, 2.75) is 13.3 Å². The Labute approximate surface area is 223 Å². The summed E-state index contributed by atoms with van der Waals surface area (Å²) in [5.74, 6) is 1.00. The molecule has 0 saturated carbocycles. The van der Waals surface area contributed by atoms with Gasteiger partial charge in [-0.1, -0.05) is 23.7 Å². The van der Waals surface area contributed by atoms with E-state index < -0.39 is 5.91 Å². The van der Waals surface area contributed by atoms with E-state index in [1.54, 1.807) is 18.5 Å². The van der Waals surface area contributed by atoms with Crippen LogP contribution >= 0.6 is 23.4 Å². The van der Waals surface area contributed by atoms with Crippen molar-refractivity contribution in [2.75, 3.05) is 13.2 Å². The lowest BCUT2D eigenvalue weighted by Gasteiger charge is -2.20. The summed E-state index contributed by atoms with van der Waals surface area (Å²) in [6.07, 6.45) is 5.72. The molecule has 2 aliphatic heterocycles. The number of rotatable bonds is 8. The molecule has 2 aromatic carbocycles. The van der Waals surface area contributed by atoms with Crippen LogP contribution in [0.15, 0.2) is 82.7 Å². The molecule has 0 aliphatic carbocycles. The number of aliphatic imine (C=N–C) groups is 1. The molecule has 0 saturated heterocycles. The van der Waals surface area contributed by atoms with Gasteiger partial charge >= 0.3 is 0 Å². The highest BCUT2D eigenvalue weighted by Crippen LogP contribution is 2.30. The summed E-state index contributed by atoms with van der Waals surface area (Å²) in [6.45, 7) is 2.96. The fourth-order valence-electron chi connectivity index (χ4n) is 3.57. The third-order valence-electron chi connectivity index (χ3n) is 5.51. The third-order valence-corrected chi connectivity index (χ3v) is 6.89. The zero-order chi connectivity index (χ0) is 25.8. The lowest BCUT2D eigenvalue weighted by atomic mass is 10.1. The van der Waals surface area contributed by atoms with Gasteiger partial charge in [-0.2, -0.15) is 15.1 Å². The van der Waals surface area contributed by atoms with Gasteiger partial charge in [-0.05, 0) is 78.4 Å². The molecule has 1 amide bonds. The van der Waals surface area contributed by atoms with Crippen molar-refractivity contribution in [1.29, 1.82) is 5.41 Å². The monoisotopic (exact) mass is 531 g/mol. The average Bonchev–Trinajstić information content (AvgIpc) is 3.34. The number of hydrogen-bond donors (Lipinski definition) is 1. The number of halogens is 1. The van der Waals surface area contributed by atoms with Crippen molar-refractivity contribution < 1.29 is 14.3 Å². The number of carbonyl (C=O) groups excluding carboxylic acids is 1. The molecular weight excluding hydrogens is 510 g/mol. The molecule has 0 bridgehead atoms. The molecule has 3 heterocycles. The van der Waals surface area contributed by atoms with Gasteiger partial charge in [0.05, 0.1) is 18.8 Å². The Hall–Kier alpha value is -3.95. The zero-order valence-electron chi connectivity index (χ0n) is 19.8. The Bertz CT molecular complexity index is 1440. The Morgan fingerprint density at radius 1 is 1.08 bits per heavy atom. The summed E-state index contributed by atoms with van der Waals surface area (Å²) < 4.78 is 11.5. The molecule has 0 spiro atoms. The number of aryl methyl sites for hydroxylation is 1. The van der Waals surface area contributed by atoms with E-state index in [0.29, 0.717) is 29.2 Å². The molecule has 37 heavy (non-hydrogen) atoms. The molecule has 5 rings (SSSR count). The van der Waals surface area contributed by atoms with Crippen LogP contribution in [0.4, 0.5) is 0 Å². The van der Waals surface area contributed by atoms with Crippen molar-refractivity contribution in [3.05, 3.63) is 94.3 Å². The molecular formula is C27H22ClN5O3S. The van der Waals surface area contributed by atoms with Gasteiger partial charge in [0, 0.05) is 29.4 Å². The number of nitrogens with zero attached hydrogens (tertiary/aromatic N) is 4. The number of carbonyl (C=O) groups is 1. The highest BCUT2D eigenvalue weighted by molar-refractivity contribution is 8.27. The van der Waals surface area contributed by atoms with E-state index in [2.05, 4.69) is 15.1 Å². The molecule has 0 fully saturated rings. The van der Waals surface area contributed by atoms with Crippen molar-refractivity contribution in [3.63, 3.8) is 0 Å². The summed E-state index contributed by atoms with van der Waals surface area (Å²) in [5, 5.41) is 16.1. The summed E-state index contributed by atoms with van der Waals surface area (Å²) >= 11 is 7.28. The first kappa shape index (κ1) is 24.7. The predicted octanol–water partition coefficient (Wildman–Crippen LogP) is 5.56. The Morgan fingerprint density at radius 3 is 2.57 bits per heavy atom. The summed E-state index contributed by atoms with van der Waals surface area (Å²) in [7, 11) is 0. The van der Waals surface area contributed by atoms with Crippen LogP contribution in [-0.2, 0) is 4.79 Å². The maximum absolute atomic E-state index is 12.7. The number of aromatic nitrogens is 1. The number of hydrogen-bond acceptors (Lipinski definition) is 7. The molecule has 1 N–H and O–H groups in total. The molecule has 0 unspecified atom stereocenters. The van der Waals surface area contributed by atoms with E-state index in [9.17, 15) is 4.79 Å². The highest BCUT2D eigenvalue weighted by atomic mass is 35.5. The van der Waals surface area contributed by atoms with Gasteiger partial charge in [-0.25, -0.2) is 0 Å². The van der Waals surface area contributed by atoms with Gasteiger partial charge < -0.3 is 9.47 Å². The van der Waals surface area contributed by atoms with E-state index in [-0.39, 0.29) is 11.4 Å². The van der Waals surface area contributed by atoms with E-state index in [4.69, 9.17) is 26.5 Å². The van der Waals surface area contributed by atoms with Gasteiger partial charge in [0.1, 0.15) is 16.5 Å². The van der Waals surface area contributed by atoms with Crippen LogP contribution in [0.1, 0.15) is 23.1 Å². The first-order valence-electron chi connectivity index (χ1n) is 11.5. The average molecular weight is 532 g/mol. The van der Waals surface area contributed by atoms with Crippen molar-refractivity contribution >= 4 is 51.4 Å². The summed E-state index contributed by atoms with van der Waals surface area (Å²) in [4.78, 5) is 20.9. The molecule has 8 nitrogen and oxygen atoms in total. The zero-order valence-corrected chi connectivity index (χ0v) is 21.4. The molecule has 186 valence electrons. The minimum atomic E-state index is -0.470. The van der Waals surface area contributed by atoms with Crippen LogP contribution in [0.25, 0.3) is 6.08 Å². The Balaban J connectivity index is 1.17. The Kier molecular flexibility index (Phi) is 7.34. The number of pyridine rings is 1. The largest absolute Gasteiger partial charge is 0.493 e. The van der Waals surface area contributed by atoms with Crippen LogP contribution in [0.2, 0.25) is 5.02 Å². The summed E-state index contributed by atoms with van der Waals surface area (Å²) in [6, 6.07) is 16.6. The predicted molar refractivity (Wildman–Crippen MR) is 147 cm³/mol. The number of ether oxygens (including phenoxy) is 2. The molecule has 0 radical (unpaired) electrons. The van der Waals surface area contributed by atoms with Crippen LogP contribution < -0.4 is 9.47 Å². The molecule has 1 aromatic heterocycles. The molecule has 10 heteroatoms. The third kappa shape index (κ3) is 5.73. The SMILES string of the molecule is Cc1cc(OCCCOc2ccc(C=C3C(=N)N4N=C(c5cccnc5)SC4=NC3=O)cc2)ccc1Cl. The lowest BCUT2D eigenvalue weighted by Crippen LogP contribution is -2.35. The number of nitrogens with one attached hydrogen (secondary N) is 1. The lowest BCUT2D eigenvalue weighted by molar-refractivity contribution is -0.114. The molecule has 3 aromatic rings. The fourth-order valence-corrected chi connectivity index (χ4v) is 4.57.